The third-order valence-electron chi connectivity index (χ3n) is 5.04. The van der Waals surface area contributed by atoms with Gasteiger partial charge in [-0.25, -0.2) is 0 Å². The average Bonchev–Trinajstić information content (AvgIpc) is 2.91. The molecule has 1 amide bonds. The smallest absolute Gasteiger partial charge is 0.242 e. The normalized spacial score (nSPS) is 18.7. The molecule has 1 atom stereocenters. The second-order valence-electron chi connectivity index (χ2n) is 6.79. The van der Waals surface area contributed by atoms with Crippen molar-refractivity contribution in [2.24, 2.45) is 0 Å². The number of carbonyl (C=O) groups excluding carboxylic acids is 2. The largest absolute Gasteiger partial charge is 0.294 e. The average molecular weight is 341 g/mol. The summed E-state index contributed by atoms with van der Waals surface area (Å²) in [5, 5.41) is 0. The lowest BCUT2D eigenvalue weighted by molar-refractivity contribution is -0.121. The molecule has 3 aromatic carbocycles. The Hall–Kier alpha value is -3.20. The van der Waals surface area contributed by atoms with Gasteiger partial charge in [-0.2, -0.15) is 0 Å². The molecule has 0 spiro atoms. The first-order valence-electron chi connectivity index (χ1n) is 8.68. The number of Topliss-reactive ketones (excluding diaryl/α,β-unsaturated/α-hetero) is 1. The second kappa shape index (κ2) is 6.26. The van der Waals surface area contributed by atoms with E-state index in [1.807, 2.05) is 79.7 Å². The molecule has 3 nitrogen and oxygen atoms in total. The van der Waals surface area contributed by atoms with E-state index in [0.29, 0.717) is 5.56 Å². The fraction of sp³-hybridized carbons (Fsp3) is 0.130. The lowest BCUT2D eigenvalue weighted by Crippen LogP contribution is -2.37. The Bertz CT molecular complexity index is 966. The van der Waals surface area contributed by atoms with Gasteiger partial charge in [0.2, 0.25) is 5.91 Å². The van der Waals surface area contributed by atoms with Crippen LogP contribution in [0.25, 0.3) is 0 Å². The summed E-state index contributed by atoms with van der Waals surface area (Å²) in [5.74, 6) is -0.0830. The molecule has 0 aromatic heterocycles. The van der Waals surface area contributed by atoms with E-state index in [9.17, 15) is 9.59 Å². The molecule has 0 radical (unpaired) electrons. The van der Waals surface area contributed by atoms with Crippen LogP contribution in [0.5, 0.6) is 0 Å². The Balaban J connectivity index is 1.77. The summed E-state index contributed by atoms with van der Waals surface area (Å²) in [5.41, 5.74) is 2.34. The van der Waals surface area contributed by atoms with Gasteiger partial charge in [-0.3, -0.25) is 14.5 Å². The van der Waals surface area contributed by atoms with Gasteiger partial charge in [0.1, 0.15) is 0 Å². The Morgan fingerprint density at radius 1 is 0.846 bits per heavy atom. The Labute approximate surface area is 152 Å². The Kier molecular flexibility index (Phi) is 3.92. The molecule has 4 rings (SSSR count). The van der Waals surface area contributed by atoms with E-state index in [1.54, 1.807) is 17.0 Å². The van der Waals surface area contributed by atoms with Gasteiger partial charge in [-0.15, -0.1) is 0 Å². The number of hydrogen-bond acceptors (Lipinski definition) is 2. The number of rotatable bonds is 4. The van der Waals surface area contributed by atoms with E-state index < -0.39 is 5.41 Å². The third-order valence-corrected chi connectivity index (χ3v) is 5.04. The maximum atomic E-state index is 13.4. The number of fused-ring (bicyclic) bond motifs is 1. The summed E-state index contributed by atoms with van der Waals surface area (Å²) in [6, 6.07) is 26.5. The van der Waals surface area contributed by atoms with E-state index in [4.69, 9.17) is 0 Å². The highest BCUT2D eigenvalue weighted by atomic mass is 16.2. The number of ketones is 1. The van der Waals surface area contributed by atoms with Crippen molar-refractivity contribution in [3.05, 3.63) is 96.1 Å². The molecule has 3 aromatic rings. The SMILES string of the molecule is CC1(CC(=O)c2ccccc2)C(=O)N(c2ccccc2)c2ccccc21. The fourth-order valence-corrected chi connectivity index (χ4v) is 3.66. The lowest BCUT2D eigenvalue weighted by atomic mass is 9.78. The highest BCUT2D eigenvalue weighted by Crippen LogP contribution is 2.47. The van der Waals surface area contributed by atoms with E-state index in [1.165, 1.54) is 0 Å². The summed E-state index contributed by atoms with van der Waals surface area (Å²) in [6.07, 6.45) is 0.149. The summed E-state index contributed by atoms with van der Waals surface area (Å²) in [7, 11) is 0. The molecule has 26 heavy (non-hydrogen) atoms. The van der Waals surface area contributed by atoms with Crippen LogP contribution in [0.15, 0.2) is 84.9 Å². The zero-order valence-corrected chi connectivity index (χ0v) is 14.6. The van der Waals surface area contributed by atoms with Crippen molar-refractivity contribution < 1.29 is 9.59 Å². The number of para-hydroxylation sites is 2. The van der Waals surface area contributed by atoms with Gasteiger partial charge >= 0.3 is 0 Å². The van der Waals surface area contributed by atoms with Crippen LogP contribution in [-0.4, -0.2) is 11.7 Å². The minimum Gasteiger partial charge on any atom is -0.294 e. The monoisotopic (exact) mass is 341 g/mol. The van der Waals surface area contributed by atoms with Crippen LogP contribution in [0.4, 0.5) is 11.4 Å². The molecule has 0 bridgehead atoms. The van der Waals surface area contributed by atoms with Gasteiger partial charge in [0, 0.05) is 17.7 Å². The number of anilines is 2. The number of nitrogens with zero attached hydrogens (tertiary/aromatic N) is 1. The molecule has 0 aliphatic carbocycles. The van der Waals surface area contributed by atoms with E-state index in [-0.39, 0.29) is 18.1 Å². The zero-order valence-electron chi connectivity index (χ0n) is 14.6. The second-order valence-corrected chi connectivity index (χ2v) is 6.79. The van der Waals surface area contributed by atoms with E-state index >= 15 is 0 Å². The van der Waals surface area contributed by atoms with Gasteiger partial charge in [-0.1, -0.05) is 66.7 Å². The summed E-state index contributed by atoms with van der Waals surface area (Å²) in [4.78, 5) is 28.0. The first-order valence-corrected chi connectivity index (χ1v) is 8.68. The molecule has 1 aliphatic rings. The highest BCUT2D eigenvalue weighted by Gasteiger charge is 2.48. The predicted molar refractivity (Wildman–Crippen MR) is 103 cm³/mol. The molecule has 1 unspecified atom stereocenters. The summed E-state index contributed by atoms with van der Waals surface area (Å²) in [6.45, 7) is 1.87. The van der Waals surface area contributed by atoms with E-state index in [0.717, 1.165) is 16.9 Å². The van der Waals surface area contributed by atoms with Crippen molar-refractivity contribution in [2.45, 2.75) is 18.8 Å². The molecule has 1 aliphatic heterocycles. The van der Waals surface area contributed by atoms with Crippen LogP contribution in [-0.2, 0) is 10.2 Å². The van der Waals surface area contributed by atoms with Crippen LogP contribution in [0.1, 0.15) is 29.3 Å². The predicted octanol–water partition coefficient (Wildman–Crippen LogP) is 4.90. The number of benzene rings is 3. The molecular weight excluding hydrogens is 322 g/mol. The minimum atomic E-state index is -0.876. The quantitative estimate of drug-likeness (QED) is 0.633. The first-order chi connectivity index (χ1) is 12.6. The number of carbonyl (C=O) groups is 2. The van der Waals surface area contributed by atoms with Crippen molar-refractivity contribution in [1.82, 2.24) is 0 Å². The van der Waals surface area contributed by atoms with Gasteiger partial charge in [0.15, 0.2) is 5.78 Å². The van der Waals surface area contributed by atoms with Gasteiger partial charge in [0.05, 0.1) is 11.1 Å². The molecule has 0 fully saturated rings. The van der Waals surface area contributed by atoms with Gasteiger partial charge in [-0.05, 0) is 30.7 Å². The Morgan fingerprint density at radius 2 is 1.42 bits per heavy atom. The zero-order chi connectivity index (χ0) is 18.1. The highest BCUT2D eigenvalue weighted by molar-refractivity contribution is 6.15. The van der Waals surface area contributed by atoms with E-state index in [2.05, 4.69) is 0 Å². The van der Waals surface area contributed by atoms with Crippen molar-refractivity contribution in [3.8, 4) is 0 Å². The van der Waals surface area contributed by atoms with Crippen molar-refractivity contribution in [2.75, 3.05) is 4.90 Å². The summed E-state index contributed by atoms with van der Waals surface area (Å²) >= 11 is 0. The fourth-order valence-electron chi connectivity index (χ4n) is 3.66. The number of hydrogen-bond donors (Lipinski definition) is 0. The maximum Gasteiger partial charge on any atom is 0.242 e. The summed E-state index contributed by atoms with van der Waals surface area (Å²) < 4.78 is 0. The van der Waals surface area contributed by atoms with Crippen LogP contribution in [0.2, 0.25) is 0 Å². The van der Waals surface area contributed by atoms with Crippen LogP contribution in [0.3, 0.4) is 0 Å². The maximum absolute atomic E-state index is 13.4. The van der Waals surface area contributed by atoms with Gasteiger partial charge < -0.3 is 0 Å². The van der Waals surface area contributed by atoms with Crippen molar-refractivity contribution in [3.63, 3.8) is 0 Å². The number of amides is 1. The van der Waals surface area contributed by atoms with Crippen molar-refractivity contribution in [1.29, 1.82) is 0 Å². The minimum absolute atomic E-state index is 0.0221. The van der Waals surface area contributed by atoms with Gasteiger partial charge in [0.25, 0.3) is 0 Å². The standard InChI is InChI=1S/C23H19NO2/c1-23(16-21(25)17-10-4-2-5-11-17)19-14-8-9-15-20(19)24(22(23)26)18-12-6-3-7-13-18/h2-15H,16H2,1H3. The van der Waals surface area contributed by atoms with Crippen LogP contribution < -0.4 is 4.90 Å². The van der Waals surface area contributed by atoms with Crippen LogP contribution in [0, 0.1) is 0 Å². The molecule has 0 saturated carbocycles. The molecule has 3 heteroatoms. The first kappa shape index (κ1) is 16.3. The molecule has 0 N–H and O–H groups in total. The molecule has 1 heterocycles. The Morgan fingerprint density at radius 3 is 2.12 bits per heavy atom. The molecule has 0 saturated heterocycles. The third kappa shape index (κ3) is 2.53. The molecule has 128 valence electrons. The van der Waals surface area contributed by atoms with Crippen molar-refractivity contribution >= 4 is 23.1 Å². The molecular formula is C23H19NO2. The lowest BCUT2D eigenvalue weighted by Gasteiger charge is -2.24. The topological polar surface area (TPSA) is 37.4 Å². The van der Waals surface area contributed by atoms with Crippen LogP contribution >= 0.6 is 0 Å².